The molecule has 0 atom stereocenters. The van der Waals surface area contributed by atoms with Crippen LogP contribution in [0.15, 0.2) is 42.5 Å². The lowest BCUT2D eigenvalue weighted by atomic mass is 9.90. The number of carbonyl (C=O) groups excluding carboxylic acids is 1. The Hall–Kier alpha value is -2.73. The Morgan fingerprint density at radius 2 is 2.00 bits per heavy atom. The maximum absolute atomic E-state index is 12.6. The summed E-state index contributed by atoms with van der Waals surface area (Å²) < 4.78 is 0. The number of nitro benzene ring substituents is 1. The number of nitrogens with one attached hydrogen (secondary N) is 1. The number of hydrogen-bond donors (Lipinski definition) is 1. The second-order valence-corrected chi connectivity index (χ2v) is 8.16. The molecular weight excluding hydrogens is 366 g/mol. The molecule has 0 aromatic heterocycles. The number of carbonyl (C=O) groups is 1. The highest BCUT2D eigenvalue weighted by atomic mass is 16.6. The van der Waals surface area contributed by atoms with E-state index < -0.39 is 0 Å². The summed E-state index contributed by atoms with van der Waals surface area (Å²) in [5.74, 6) is 0.829. The van der Waals surface area contributed by atoms with Crippen LogP contribution in [0.2, 0.25) is 0 Å². The molecule has 29 heavy (non-hydrogen) atoms. The summed E-state index contributed by atoms with van der Waals surface area (Å²) >= 11 is 0. The van der Waals surface area contributed by atoms with Crippen molar-refractivity contribution in [3.8, 4) is 0 Å². The van der Waals surface area contributed by atoms with Crippen molar-refractivity contribution in [1.29, 1.82) is 0 Å². The number of nitro groups is 1. The normalized spacial score (nSPS) is 17.0. The van der Waals surface area contributed by atoms with Gasteiger partial charge in [0.15, 0.2) is 5.78 Å². The third-order valence-corrected chi connectivity index (χ3v) is 6.15. The van der Waals surface area contributed by atoms with Gasteiger partial charge >= 0.3 is 0 Å². The molecule has 0 spiro atoms. The quantitative estimate of drug-likeness (QED) is 0.428. The number of likely N-dealkylation sites (tertiary alicyclic amines) is 1. The van der Waals surface area contributed by atoms with Crippen LogP contribution in [0.1, 0.15) is 47.2 Å². The first-order valence-electron chi connectivity index (χ1n) is 10.4. The first-order chi connectivity index (χ1) is 14.1. The number of ketones is 1. The molecule has 4 rings (SSSR count). The molecule has 6 heteroatoms. The Kier molecular flexibility index (Phi) is 5.90. The number of benzene rings is 2. The molecule has 0 aliphatic carbocycles. The fraction of sp³-hybridized carbons (Fsp3) is 0.435. The predicted octanol–water partition coefficient (Wildman–Crippen LogP) is 4.44. The molecule has 0 saturated carbocycles. The maximum Gasteiger partial charge on any atom is 0.269 e. The molecule has 2 aromatic carbocycles. The van der Waals surface area contributed by atoms with E-state index in [-0.39, 0.29) is 16.4 Å². The van der Waals surface area contributed by atoms with Crippen molar-refractivity contribution in [2.24, 2.45) is 5.92 Å². The number of piperidine rings is 1. The molecule has 2 aliphatic heterocycles. The van der Waals surface area contributed by atoms with Gasteiger partial charge in [0.25, 0.3) is 5.69 Å². The van der Waals surface area contributed by atoms with Crippen molar-refractivity contribution >= 4 is 17.2 Å². The fourth-order valence-electron chi connectivity index (χ4n) is 4.42. The molecule has 1 fully saturated rings. The Balaban J connectivity index is 1.23. The zero-order valence-electron chi connectivity index (χ0n) is 16.6. The van der Waals surface area contributed by atoms with Gasteiger partial charge in [0.1, 0.15) is 0 Å². The predicted molar refractivity (Wildman–Crippen MR) is 113 cm³/mol. The van der Waals surface area contributed by atoms with Crippen molar-refractivity contribution in [2.75, 3.05) is 25.0 Å². The van der Waals surface area contributed by atoms with Gasteiger partial charge in [-0.05, 0) is 74.0 Å². The van der Waals surface area contributed by atoms with Crippen molar-refractivity contribution in [2.45, 2.75) is 38.6 Å². The summed E-state index contributed by atoms with van der Waals surface area (Å²) in [6.07, 6.45) is 4.71. The molecule has 1 saturated heterocycles. The van der Waals surface area contributed by atoms with Crippen LogP contribution in [-0.4, -0.2) is 35.2 Å². The van der Waals surface area contributed by atoms with Gasteiger partial charge in [-0.2, -0.15) is 0 Å². The molecule has 0 bridgehead atoms. The van der Waals surface area contributed by atoms with Gasteiger partial charge in [0.05, 0.1) is 4.92 Å². The van der Waals surface area contributed by atoms with Gasteiger partial charge in [-0.25, -0.2) is 0 Å². The van der Waals surface area contributed by atoms with Crippen molar-refractivity contribution < 1.29 is 9.72 Å². The van der Waals surface area contributed by atoms with Crippen LogP contribution in [0.4, 0.5) is 11.4 Å². The lowest BCUT2D eigenvalue weighted by Crippen LogP contribution is -2.33. The highest BCUT2D eigenvalue weighted by Crippen LogP contribution is 2.27. The monoisotopic (exact) mass is 393 g/mol. The molecule has 0 amide bonds. The third kappa shape index (κ3) is 4.82. The highest BCUT2D eigenvalue weighted by Gasteiger charge is 2.21. The van der Waals surface area contributed by atoms with Gasteiger partial charge < -0.3 is 5.32 Å². The van der Waals surface area contributed by atoms with Gasteiger partial charge in [-0.3, -0.25) is 19.8 Å². The molecule has 6 nitrogen and oxygen atoms in total. The van der Waals surface area contributed by atoms with E-state index in [1.54, 1.807) is 12.1 Å². The van der Waals surface area contributed by atoms with E-state index in [9.17, 15) is 14.9 Å². The number of hydrogen-bond acceptors (Lipinski definition) is 5. The van der Waals surface area contributed by atoms with E-state index in [4.69, 9.17) is 0 Å². The standard InChI is InChI=1S/C23H27N3O3/c27-23(20-5-6-22-19(15-20)8-11-24-22)7-4-17-9-12-25(13-10-17)16-18-2-1-3-21(14-18)26(28)29/h1-3,5-6,14-15,17,24H,4,7-13,16H2. The Bertz CT molecular complexity index is 904. The molecule has 0 radical (unpaired) electrons. The number of nitrogens with zero attached hydrogens (tertiary/aromatic N) is 2. The first-order valence-corrected chi connectivity index (χ1v) is 10.4. The molecular formula is C23H27N3O3. The Morgan fingerprint density at radius 3 is 2.79 bits per heavy atom. The van der Waals surface area contributed by atoms with Crippen molar-refractivity contribution in [1.82, 2.24) is 4.90 Å². The van der Waals surface area contributed by atoms with Gasteiger partial charge in [0, 0.05) is 42.9 Å². The minimum Gasteiger partial charge on any atom is -0.384 e. The molecule has 0 unspecified atom stereocenters. The van der Waals surface area contributed by atoms with Crippen LogP contribution < -0.4 is 5.32 Å². The minimum atomic E-state index is -0.343. The zero-order valence-corrected chi connectivity index (χ0v) is 16.6. The van der Waals surface area contributed by atoms with Crippen LogP contribution in [0, 0.1) is 16.0 Å². The second-order valence-electron chi connectivity index (χ2n) is 8.16. The second kappa shape index (κ2) is 8.74. The average molecular weight is 393 g/mol. The van der Waals surface area contributed by atoms with Gasteiger partial charge in [-0.15, -0.1) is 0 Å². The van der Waals surface area contributed by atoms with Crippen LogP contribution in [-0.2, 0) is 13.0 Å². The molecule has 2 aliphatic rings. The number of rotatable bonds is 7. The first kappa shape index (κ1) is 19.6. The zero-order chi connectivity index (χ0) is 20.2. The summed E-state index contributed by atoms with van der Waals surface area (Å²) in [5, 5.41) is 14.3. The summed E-state index contributed by atoms with van der Waals surface area (Å²) in [4.78, 5) is 25.5. The van der Waals surface area contributed by atoms with E-state index in [1.807, 2.05) is 18.2 Å². The van der Waals surface area contributed by atoms with Crippen LogP contribution in [0.3, 0.4) is 0 Å². The summed E-state index contributed by atoms with van der Waals surface area (Å²) in [7, 11) is 0. The minimum absolute atomic E-state index is 0.151. The Labute approximate surface area is 171 Å². The van der Waals surface area contributed by atoms with Crippen molar-refractivity contribution in [3.63, 3.8) is 0 Å². The summed E-state index contributed by atoms with van der Waals surface area (Å²) in [5.41, 5.74) is 4.40. The van der Waals surface area contributed by atoms with Crippen LogP contribution >= 0.6 is 0 Å². The average Bonchev–Trinajstić information content (AvgIpc) is 3.21. The van der Waals surface area contributed by atoms with Crippen molar-refractivity contribution in [3.05, 3.63) is 69.3 Å². The molecule has 152 valence electrons. The van der Waals surface area contributed by atoms with E-state index in [0.29, 0.717) is 12.3 Å². The van der Waals surface area contributed by atoms with E-state index >= 15 is 0 Å². The van der Waals surface area contributed by atoms with Gasteiger partial charge in [0.2, 0.25) is 0 Å². The summed E-state index contributed by atoms with van der Waals surface area (Å²) in [6, 6.07) is 12.9. The van der Waals surface area contributed by atoms with E-state index in [1.165, 1.54) is 11.6 Å². The van der Waals surface area contributed by atoms with E-state index in [2.05, 4.69) is 16.3 Å². The summed E-state index contributed by atoms with van der Waals surface area (Å²) in [6.45, 7) is 3.66. The third-order valence-electron chi connectivity index (χ3n) is 6.15. The fourth-order valence-corrected chi connectivity index (χ4v) is 4.42. The SMILES string of the molecule is O=C(CCC1CCN(Cc2cccc([N+](=O)[O-])c2)CC1)c1ccc2c(c1)CCN2. The molecule has 1 N–H and O–H groups in total. The maximum atomic E-state index is 12.6. The molecule has 2 heterocycles. The number of Topliss-reactive ketones (excluding diaryl/α,β-unsaturated/α-hetero) is 1. The number of non-ortho nitro benzene ring substituents is 1. The smallest absolute Gasteiger partial charge is 0.269 e. The Morgan fingerprint density at radius 1 is 1.17 bits per heavy atom. The lowest BCUT2D eigenvalue weighted by molar-refractivity contribution is -0.384. The molecule has 2 aromatic rings. The van der Waals surface area contributed by atoms with Gasteiger partial charge in [-0.1, -0.05) is 12.1 Å². The number of anilines is 1. The topological polar surface area (TPSA) is 75.5 Å². The number of fused-ring (bicyclic) bond motifs is 1. The lowest BCUT2D eigenvalue weighted by Gasteiger charge is -2.31. The van der Waals surface area contributed by atoms with Crippen LogP contribution in [0.5, 0.6) is 0 Å². The van der Waals surface area contributed by atoms with Crippen LogP contribution in [0.25, 0.3) is 0 Å². The largest absolute Gasteiger partial charge is 0.384 e. The van der Waals surface area contributed by atoms with E-state index in [0.717, 1.165) is 68.7 Å². The highest BCUT2D eigenvalue weighted by molar-refractivity contribution is 5.96.